The fourth-order valence-corrected chi connectivity index (χ4v) is 3.70. The number of thioether (sulfide) groups is 1. The van der Waals surface area contributed by atoms with Crippen molar-refractivity contribution in [2.24, 2.45) is 4.99 Å². The highest BCUT2D eigenvalue weighted by Gasteiger charge is 2.35. The van der Waals surface area contributed by atoms with Crippen LogP contribution in [0.4, 0.5) is 11.4 Å². The molecular formula is C22H22N2O3S. The Bertz CT molecular complexity index is 931. The van der Waals surface area contributed by atoms with Gasteiger partial charge in [0.2, 0.25) is 0 Å². The Morgan fingerprint density at radius 2 is 1.61 bits per heavy atom. The summed E-state index contributed by atoms with van der Waals surface area (Å²) in [5, 5.41) is 0.508. The zero-order valence-corrected chi connectivity index (χ0v) is 17.0. The van der Waals surface area contributed by atoms with E-state index < -0.39 is 5.97 Å². The van der Waals surface area contributed by atoms with E-state index in [2.05, 4.69) is 23.6 Å². The number of benzene rings is 2. The second-order valence-corrected chi connectivity index (χ2v) is 7.22. The van der Waals surface area contributed by atoms with Crippen molar-refractivity contribution in [1.29, 1.82) is 0 Å². The predicted octanol–water partition coefficient (Wildman–Crippen LogP) is 4.64. The van der Waals surface area contributed by atoms with Crippen LogP contribution in [0.5, 0.6) is 0 Å². The Labute approximate surface area is 169 Å². The molecule has 0 atom stereocenters. The molecule has 3 rings (SSSR count). The molecule has 28 heavy (non-hydrogen) atoms. The van der Waals surface area contributed by atoms with Crippen molar-refractivity contribution < 1.29 is 14.3 Å². The van der Waals surface area contributed by atoms with Crippen molar-refractivity contribution in [3.8, 4) is 0 Å². The summed E-state index contributed by atoms with van der Waals surface area (Å²) < 4.78 is 4.67. The van der Waals surface area contributed by atoms with Gasteiger partial charge < -0.3 is 4.74 Å². The number of amidine groups is 1. The van der Waals surface area contributed by atoms with Crippen LogP contribution in [-0.2, 0) is 27.2 Å². The summed E-state index contributed by atoms with van der Waals surface area (Å²) in [6, 6.07) is 15.7. The van der Waals surface area contributed by atoms with E-state index in [0.717, 1.165) is 18.5 Å². The summed E-state index contributed by atoms with van der Waals surface area (Å²) in [5.41, 5.74) is 3.87. The summed E-state index contributed by atoms with van der Waals surface area (Å²) in [7, 11) is 1.29. The Morgan fingerprint density at radius 1 is 1.04 bits per heavy atom. The molecule has 0 bridgehead atoms. The van der Waals surface area contributed by atoms with Crippen LogP contribution in [0.3, 0.4) is 0 Å². The monoisotopic (exact) mass is 394 g/mol. The minimum atomic E-state index is -0.564. The number of amides is 1. The first-order valence-corrected chi connectivity index (χ1v) is 9.95. The number of esters is 1. The lowest BCUT2D eigenvalue weighted by atomic mass is 10.1. The van der Waals surface area contributed by atoms with Crippen LogP contribution < -0.4 is 4.90 Å². The fraction of sp³-hybridized carbons (Fsp3) is 0.227. The van der Waals surface area contributed by atoms with E-state index in [0.29, 0.717) is 10.9 Å². The molecule has 0 radical (unpaired) electrons. The van der Waals surface area contributed by atoms with Crippen molar-refractivity contribution in [3.63, 3.8) is 0 Å². The quantitative estimate of drug-likeness (QED) is 0.548. The SMILES string of the molecule is CCc1ccc(N=C2S/C(=C/C(=O)OC)C(=O)N2c2ccc(CC)cc2)cc1. The Hall–Kier alpha value is -2.86. The normalized spacial score (nSPS) is 16.8. The van der Waals surface area contributed by atoms with Crippen molar-refractivity contribution in [2.75, 3.05) is 12.0 Å². The van der Waals surface area contributed by atoms with Crippen LogP contribution in [0.25, 0.3) is 0 Å². The summed E-state index contributed by atoms with van der Waals surface area (Å²) >= 11 is 1.17. The van der Waals surface area contributed by atoms with Crippen LogP contribution in [0.2, 0.25) is 0 Å². The number of hydrogen-bond acceptors (Lipinski definition) is 5. The third-order valence-corrected chi connectivity index (χ3v) is 5.40. The van der Waals surface area contributed by atoms with Gasteiger partial charge in [-0.2, -0.15) is 0 Å². The molecule has 2 aromatic carbocycles. The summed E-state index contributed by atoms with van der Waals surface area (Å²) in [5.74, 6) is -0.853. The molecule has 1 aliphatic heterocycles. The average Bonchev–Trinajstić information content (AvgIpc) is 3.03. The zero-order valence-electron chi connectivity index (χ0n) is 16.1. The Morgan fingerprint density at radius 3 is 2.14 bits per heavy atom. The van der Waals surface area contributed by atoms with Gasteiger partial charge in [-0.25, -0.2) is 9.79 Å². The van der Waals surface area contributed by atoms with Crippen LogP contribution in [0.15, 0.2) is 64.5 Å². The summed E-state index contributed by atoms with van der Waals surface area (Å²) in [6.45, 7) is 4.17. The molecule has 2 aromatic rings. The van der Waals surface area contributed by atoms with Crippen molar-refractivity contribution >= 4 is 40.2 Å². The smallest absolute Gasteiger partial charge is 0.331 e. The number of hydrogen-bond donors (Lipinski definition) is 0. The molecule has 1 saturated heterocycles. The molecule has 1 aliphatic rings. The molecule has 0 aliphatic carbocycles. The van der Waals surface area contributed by atoms with Gasteiger partial charge in [-0.3, -0.25) is 9.69 Å². The topological polar surface area (TPSA) is 59.0 Å². The molecule has 0 aromatic heterocycles. The molecule has 0 N–H and O–H groups in total. The minimum absolute atomic E-state index is 0.287. The van der Waals surface area contributed by atoms with Crippen molar-refractivity contribution in [3.05, 3.63) is 70.6 Å². The maximum Gasteiger partial charge on any atom is 0.331 e. The second kappa shape index (κ2) is 8.89. The van der Waals surface area contributed by atoms with Gasteiger partial charge in [0.15, 0.2) is 5.17 Å². The number of rotatable bonds is 5. The van der Waals surface area contributed by atoms with E-state index in [1.165, 1.54) is 41.0 Å². The minimum Gasteiger partial charge on any atom is -0.466 e. The maximum atomic E-state index is 13.0. The molecule has 6 heteroatoms. The number of carbonyl (C=O) groups is 2. The van der Waals surface area contributed by atoms with Gasteiger partial charge >= 0.3 is 5.97 Å². The lowest BCUT2D eigenvalue weighted by molar-refractivity contribution is -0.135. The van der Waals surface area contributed by atoms with E-state index in [9.17, 15) is 9.59 Å². The third kappa shape index (κ3) is 4.34. The lowest BCUT2D eigenvalue weighted by Crippen LogP contribution is -2.28. The number of anilines is 1. The maximum absolute atomic E-state index is 13.0. The van der Waals surface area contributed by atoms with E-state index in [1.807, 2.05) is 48.5 Å². The lowest BCUT2D eigenvalue weighted by Gasteiger charge is -2.16. The number of carbonyl (C=O) groups excluding carboxylic acids is 2. The summed E-state index contributed by atoms with van der Waals surface area (Å²) in [4.78, 5) is 31.1. The molecule has 1 amide bonds. The van der Waals surface area contributed by atoms with Gasteiger partial charge in [0.25, 0.3) is 5.91 Å². The first-order valence-electron chi connectivity index (χ1n) is 9.14. The largest absolute Gasteiger partial charge is 0.466 e. The van der Waals surface area contributed by atoms with Gasteiger partial charge in [0.1, 0.15) is 0 Å². The molecule has 5 nitrogen and oxygen atoms in total. The van der Waals surface area contributed by atoms with Gasteiger partial charge in [-0.1, -0.05) is 38.1 Å². The third-order valence-electron chi connectivity index (χ3n) is 4.43. The highest BCUT2D eigenvalue weighted by atomic mass is 32.2. The van der Waals surface area contributed by atoms with Gasteiger partial charge in [-0.15, -0.1) is 0 Å². The van der Waals surface area contributed by atoms with E-state index in [4.69, 9.17) is 0 Å². The predicted molar refractivity (Wildman–Crippen MR) is 114 cm³/mol. The standard InChI is InChI=1S/C22H22N2O3S/c1-4-15-6-10-17(11-7-15)23-22-24(18-12-8-16(5-2)9-13-18)21(26)19(28-22)14-20(25)27-3/h6-14H,4-5H2,1-3H3/b19-14+,23-22?. The molecule has 1 heterocycles. The van der Waals surface area contributed by atoms with Gasteiger partial charge in [0, 0.05) is 6.08 Å². The van der Waals surface area contributed by atoms with Gasteiger partial charge in [0.05, 0.1) is 23.4 Å². The summed E-state index contributed by atoms with van der Waals surface area (Å²) in [6.07, 6.45) is 3.08. The van der Waals surface area contributed by atoms with Crippen LogP contribution in [0.1, 0.15) is 25.0 Å². The van der Waals surface area contributed by atoms with E-state index in [1.54, 1.807) is 0 Å². The van der Waals surface area contributed by atoms with Crippen molar-refractivity contribution in [2.45, 2.75) is 26.7 Å². The number of aliphatic imine (C=N–C) groups is 1. The van der Waals surface area contributed by atoms with Crippen LogP contribution in [-0.4, -0.2) is 24.2 Å². The van der Waals surface area contributed by atoms with Crippen LogP contribution >= 0.6 is 11.8 Å². The van der Waals surface area contributed by atoms with E-state index in [-0.39, 0.29) is 10.8 Å². The zero-order chi connectivity index (χ0) is 20.1. The highest BCUT2D eigenvalue weighted by Crippen LogP contribution is 2.36. The molecular weight excluding hydrogens is 372 g/mol. The van der Waals surface area contributed by atoms with Crippen molar-refractivity contribution in [1.82, 2.24) is 0 Å². The molecule has 144 valence electrons. The molecule has 0 saturated carbocycles. The number of nitrogens with zero attached hydrogens (tertiary/aromatic N) is 2. The fourth-order valence-electron chi connectivity index (χ4n) is 2.74. The molecule has 0 unspecified atom stereocenters. The highest BCUT2D eigenvalue weighted by molar-refractivity contribution is 8.19. The Kier molecular flexibility index (Phi) is 6.31. The van der Waals surface area contributed by atoms with Crippen LogP contribution in [0, 0.1) is 0 Å². The molecule has 0 spiro atoms. The average molecular weight is 394 g/mol. The van der Waals surface area contributed by atoms with E-state index >= 15 is 0 Å². The first kappa shape index (κ1) is 19.9. The molecule has 1 fully saturated rings. The number of methoxy groups -OCH3 is 1. The Balaban J connectivity index is 2.01. The van der Waals surface area contributed by atoms with Gasteiger partial charge in [-0.05, 0) is 60.0 Å². The number of aryl methyl sites for hydroxylation is 2. The second-order valence-electron chi connectivity index (χ2n) is 6.21. The number of ether oxygens (including phenoxy) is 1. The first-order chi connectivity index (χ1) is 13.5.